The third-order valence-corrected chi connectivity index (χ3v) is 4.22. The van der Waals surface area contributed by atoms with Gasteiger partial charge in [0.05, 0.1) is 17.2 Å². The van der Waals surface area contributed by atoms with E-state index in [2.05, 4.69) is 31.1 Å². The highest BCUT2D eigenvalue weighted by atomic mass is 32.1. The van der Waals surface area contributed by atoms with Crippen LogP contribution in [0.15, 0.2) is 47.6 Å². The second kappa shape index (κ2) is 5.30. The molecule has 0 spiro atoms. The first-order valence-electron chi connectivity index (χ1n) is 6.86. The summed E-state index contributed by atoms with van der Waals surface area (Å²) in [5.74, 6) is 0. The first-order chi connectivity index (χ1) is 10.1. The van der Waals surface area contributed by atoms with E-state index in [9.17, 15) is 0 Å². The number of fused-ring (bicyclic) bond motifs is 1. The van der Waals surface area contributed by atoms with Crippen molar-refractivity contribution in [1.82, 2.24) is 9.24 Å². The van der Waals surface area contributed by atoms with Crippen LogP contribution in [0.2, 0.25) is 0 Å². The van der Waals surface area contributed by atoms with Crippen molar-refractivity contribution in [3.05, 3.63) is 63.9 Å². The van der Waals surface area contributed by atoms with E-state index in [4.69, 9.17) is 12.2 Å². The van der Waals surface area contributed by atoms with Crippen molar-refractivity contribution in [1.29, 1.82) is 0 Å². The van der Waals surface area contributed by atoms with Crippen LogP contribution in [-0.2, 0) is 7.05 Å². The normalized spacial score (nSPS) is 11.6. The fourth-order valence-corrected chi connectivity index (χ4v) is 2.59. The Morgan fingerprint density at radius 1 is 1.00 bits per heavy atom. The van der Waals surface area contributed by atoms with Gasteiger partial charge in [-0.25, -0.2) is 4.68 Å². The molecule has 1 heterocycles. The number of nitrogens with zero attached hydrogens (tertiary/aromatic N) is 3. The molecule has 0 aliphatic carbocycles. The van der Waals surface area contributed by atoms with E-state index in [0.717, 1.165) is 16.6 Å². The van der Waals surface area contributed by atoms with Crippen LogP contribution in [0.3, 0.4) is 0 Å². The summed E-state index contributed by atoms with van der Waals surface area (Å²) in [5.41, 5.74) is 5.70. The predicted molar refractivity (Wildman–Crippen MR) is 90.7 cm³/mol. The third kappa shape index (κ3) is 2.43. The fraction of sp³-hybridized carbons (Fsp3) is 0.176. The molecule has 0 bridgehead atoms. The van der Waals surface area contributed by atoms with Crippen LogP contribution in [-0.4, -0.2) is 15.5 Å². The monoisotopic (exact) mass is 295 g/mol. The summed E-state index contributed by atoms with van der Waals surface area (Å²) >= 11 is 5.51. The van der Waals surface area contributed by atoms with E-state index in [1.807, 2.05) is 52.8 Å². The van der Waals surface area contributed by atoms with E-state index in [0.29, 0.717) is 4.77 Å². The number of rotatable bonds is 2. The van der Waals surface area contributed by atoms with Gasteiger partial charge in [-0.3, -0.25) is 0 Å². The number of hydrogen-bond donors (Lipinski definition) is 0. The van der Waals surface area contributed by atoms with E-state index >= 15 is 0 Å². The van der Waals surface area contributed by atoms with Gasteiger partial charge in [0.2, 0.25) is 4.77 Å². The molecular formula is C17H17N3S. The summed E-state index contributed by atoms with van der Waals surface area (Å²) in [6, 6.07) is 14.3. The molecule has 3 aromatic rings. The highest BCUT2D eigenvalue weighted by molar-refractivity contribution is 7.71. The average molecular weight is 295 g/mol. The zero-order valence-electron chi connectivity index (χ0n) is 12.4. The quantitative estimate of drug-likeness (QED) is 0.513. The fourth-order valence-electron chi connectivity index (χ4n) is 2.35. The zero-order valence-corrected chi connectivity index (χ0v) is 13.2. The maximum Gasteiger partial charge on any atom is 0.201 e. The van der Waals surface area contributed by atoms with E-state index in [1.165, 1.54) is 11.1 Å². The number of aromatic nitrogens is 2. The molecule has 0 N–H and O–H groups in total. The number of imidazole rings is 1. The average Bonchev–Trinajstić information content (AvgIpc) is 2.71. The molecule has 0 aliphatic heterocycles. The van der Waals surface area contributed by atoms with Gasteiger partial charge in [-0.15, -0.1) is 0 Å². The molecule has 21 heavy (non-hydrogen) atoms. The van der Waals surface area contributed by atoms with Crippen molar-refractivity contribution >= 4 is 29.5 Å². The lowest BCUT2D eigenvalue weighted by Crippen LogP contribution is -1.93. The summed E-state index contributed by atoms with van der Waals surface area (Å²) in [7, 11) is 1.98. The molecule has 0 fully saturated rings. The molecule has 3 rings (SSSR count). The van der Waals surface area contributed by atoms with E-state index in [-0.39, 0.29) is 0 Å². The molecule has 0 unspecified atom stereocenters. The van der Waals surface area contributed by atoms with Crippen molar-refractivity contribution in [2.75, 3.05) is 0 Å². The summed E-state index contributed by atoms with van der Waals surface area (Å²) in [6.07, 6.45) is 1.84. The molecule has 0 amide bonds. The Hall–Kier alpha value is -2.20. The van der Waals surface area contributed by atoms with Gasteiger partial charge in [0.1, 0.15) is 0 Å². The van der Waals surface area contributed by atoms with Crippen LogP contribution in [0.5, 0.6) is 0 Å². The van der Waals surface area contributed by atoms with Crippen molar-refractivity contribution in [3.63, 3.8) is 0 Å². The van der Waals surface area contributed by atoms with Gasteiger partial charge in [-0.2, -0.15) is 5.10 Å². The number of benzene rings is 2. The Kier molecular flexibility index (Phi) is 3.47. The highest BCUT2D eigenvalue weighted by Gasteiger charge is 2.08. The first-order valence-corrected chi connectivity index (χ1v) is 7.27. The standard InChI is InChI=1S/C17H17N3S/c1-12-9-15-16(10-13(12)2)20(17(21)19(15)3)18-11-14-7-5-4-6-8-14/h4-11H,1-3H3. The van der Waals surface area contributed by atoms with E-state index in [1.54, 1.807) is 0 Å². The minimum absolute atomic E-state index is 0.696. The lowest BCUT2D eigenvalue weighted by atomic mass is 10.1. The molecule has 3 nitrogen and oxygen atoms in total. The summed E-state index contributed by atoms with van der Waals surface area (Å²) in [6.45, 7) is 4.22. The lowest BCUT2D eigenvalue weighted by Gasteiger charge is -2.02. The van der Waals surface area contributed by atoms with Gasteiger partial charge >= 0.3 is 0 Å². The van der Waals surface area contributed by atoms with E-state index < -0.39 is 0 Å². The Morgan fingerprint density at radius 2 is 1.62 bits per heavy atom. The summed E-state index contributed by atoms with van der Waals surface area (Å²) in [4.78, 5) is 0. The molecule has 2 aromatic carbocycles. The molecule has 4 heteroatoms. The Labute approximate surface area is 129 Å². The molecule has 0 aliphatic rings. The van der Waals surface area contributed by atoms with Crippen LogP contribution in [0, 0.1) is 18.6 Å². The molecule has 0 atom stereocenters. The van der Waals surface area contributed by atoms with Crippen LogP contribution in [0.1, 0.15) is 16.7 Å². The Bertz CT molecular complexity index is 886. The largest absolute Gasteiger partial charge is 0.318 e. The summed E-state index contributed by atoms with van der Waals surface area (Å²) < 4.78 is 4.52. The molecular weight excluding hydrogens is 278 g/mol. The third-order valence-electron chi connectivity index (χ3n) is 3.77. The van der Waals surface area contributed by atoms with Crippen LogP contribution in [0.25, 0.3) is 11.0 Å². The minimum Gasteiger partial charge on any atom is -0.318 e. The van der Waals surface area contributed by atoms with Gasteiger partial charge in [-0.1, -0.05) is 30.3 Å². The van der Waals surface area contributed by atoms with Crippen molar-refractivity contribution in [2.45, 2.75) is 13.8 Å². The molecule has 0 saturated carbocycles. The maximum atomic E-state index is 5.51. The van der Waals surface area contributed by atoms with Gasteiger partial charge in [0.25, 0.3) is 0 Å². The van der Waals surface area contributed by atoms with Crippen molar-refractivity contribution in [3.8, 4) is 0 Å². The topological polar surface area (TPSA) is 22.2 Å². The minimum atomic E-state index is 0.696. The van der Waals surface area contributed by atoms with Gasteiger partial charge in [0, 0.05) is 7.05 Å². The SMILES string of the molecule is Cc1cc2c(cc1C)n(N=Cc1ccccc1)c(=S)n2C. The first kappa shape index (κ1) is 13.8. The second-order valence-corrected chi connectivity index (χ2v) is 5.60. The molecule has 106 valence electrons. The smallest absolute Gasteiger partial charge is 0.201 e. The lowest BCUT2D eigenvalue weighted by molar-refractivity contribution is 0.818. The van der Waals surface area contributed by atoms with Crippen molar-refractivity contribution in [2.24, 2.45) is 12.1 Å². The number of aryl methyl sites for hydroxylation is 3. The molecule has 0 radical (unpaired) electrons. The highest BCUT2D eigenvalue weighted by Crippen LogP contribution is 2.21. The van der Waals surface area contributed by atoms with Gasteiger partial charge in [0.15, 0.2) is 0 Å². The Morgan fingerprint density at radius 3 is 2.29 bits per heavy atom. The van der Waals surface area contributed by atoms with Crippen LogP contribution in [0.4, 0.5) is 0 Å². The summed E-state index contributed by atoms with van der Waals surface area (Å²) in [5, 5.41) is 4.56. The zero-order chi connectivity index (χ0) is 15.0. The molecule has 1 aromatic heterocycles. The second-order valence-electron chi connectivity index (χ2n) is 5.23. The van der Waals surface area contributed by atoms with Crippen molar-refractivity contribution < 1.29 is 0 Å². The predicted octanol–water partition coefficient (Wildman–Crippen LogP) is 4.21. The Balaban J connectivity index is 2.19. The van der Waals surface area contributed by atoms with Gasteiger partial charge in [-0.05, 0) is 54.9 Å². The maximum absolute atomic E-state index is 5.51. The number of hydrogen-bond acceptors (Lipinski definition) is 2. The van der Waals surface area contributed by atoms with Gasteiger partial charge < -0.3 is 4.57 Å². The van der Waals surface area contributed by atoms with Crippen LogP contribution >= 0.6 is 12.2 Å². The van der Waals surface area contributed by atoms with Crippen LogP contribution < -0.4 is 0 Å². The molecule has 0 saturated heterocycles.